The fourth-order valence-electron chi connectivity index (χ4n) is 2.82. The molecule has 134 valence electrons. The highest BCUT2D eigenvalue weighted by atomic mass is 16.2. The molecule has 9 nitrogen and oxygen atoms in total. The van der Waals surface area contributed by atoms with E-state index in [0.717, 1.165) is 50.7 Å². The Kier molecular flexibility index (Phi) is 5.67. The normalized spacial score (nSPS) is 15.3. The van der Waals surface area contributed by atoms with E-state index in [0.29, 0.717) is 11.5 Å². The SMILES string of the molecule is Cc1cc(C)nc(CNC(=O)c2cn(CCN3CCNCC3)nn2)n1. The van der Waals surface area contributed by atoms with Crippen molar-refractivity contribution in [1.29, 1.82) is 0 Å². The minimum Gasteiger partial charge on any atom is -0.343 e. The fourth-order valence-corrected chi connectivity index (χ4v) is 2.82. The van der Waals surface area contributed by atoms with Crippen LogP contribution in [0.3, 0.4) is 0 Å². The molecule has 0 spiro atoms. The monoisotopic (exact) mass is 344 g/mol. The summed E-state index contributed by atoms with van der Waals surface area (Å²) in [5.41, 5.74) is 2.08. The third-order valence-corrected chi connectivity index (χ3v) is 4.06. The van der Waals surface area contributed by atoms with Crippen LogP contribution in [0.15, 0.2) is 12.3 Å². The third kappa shape index (κ3) is 5.04. The first kappa shape index (κ1) is 17.4. The van der Waals surface area contributed by atoms with Gasteiger partial charge in [0.05, 0.1) is 19.3 Å². The van der Waals surface area contributed by atoms with E-state index >= 15 is 0 Å². The minimum atomic E-state index is -0.267. The molecule has 0 unspecified atom stereocenters. The second-order valence-electron chi connectivity index (χ2n) is 6.21. The molecule has 1 fully saturated rings. The average molecular weight is 344 g/mol. The Bertz CT molecular complexity index is 702. The van der Waals surface area contributed by atoms with Crippen molar-refractivity contribution in [2.75, 3.05) is 32.7 Å². The van der Waals surface area contributed by atoms with Crippen LogP contribution in [0.1, 0.15) is 27.7 Å². The Morgan fingerprint density at radius 1 is 1.20 bits per heavy atom. The first-order valence-corrected chi connectivity index (χ1v) is 8.53. The van der Waals surface area contributed by atoms with Crippen LogP contribution < -0.4 is 10.6 Å². The number of rotatable bonds is 6. The van der Waals surface area contributed by atoms with Gasteiger partial charge in [-0.25, -0.2) is 9.97 Å². The second kappa shape index (κ2) is 8.13. The number of hydrogen-bond donors (Lipinski definition) is 2. The van der Waals surface area contributed by atoms with Crippen LogP contribution in [0.2, 0.25) is 0 Å². The third-order valence-electron chi connectivity index (χ3n) is 4.06. The Morgan fingerprint density at radius 3 is 2.64 bits per heavy atom. The van der Waals surface area contributed by atoms with Gasteiger partial charge in [-0.3, -0.25) is 14.4 Å². The standard InChI is InChI=1S/C16H24N8O/c1-12-9-13(2)20-15(19-12)10-18-16(25)14-11-24(22-21-14)8-7-23-5-3-17-4-6-23/h9,11,17H,3-8,10H2,1-2H3,(H,18,25). The Balaban J connectivity index is 1.49. The highest BCUT2D eigenvalue weighted by Crippen LogP contribution is 2.00. The lowest BCUT2D eigenvalue weighted by Gasteiger charge is -2.26. The van der Waals surface area contributed by atoms with Crippen LogP contribution in [-0.2, 0) is 13.1 Å². The molecule has 0 radical (unpaired) electrons. The number of piperazine rings is 1. The van der Waals surface area contributed by atoms with Crippen molar-refractivity contribution in [2.45, 2.75) is 26.9 Å². The van der Waals surface area contributed by atoms with Crippen molar-refractivity contribution < 1.29 is 4.79 Å². The van der Waals surface area contributed by atoms with Gasteiger partial charge in [-0.2, -0.15) is 0 Å². The average Bonchev–Trinajstić information content (AvgIpc) is 3.07. The highest BCUT2D eigenvalue weighted by Gasteiger charge is 2.13. The van der Waals surface area contributed by atoms with E-state index in [9.17, 15) is 4.79 Å². The molecule has 1 aliphatic rings. The first-order valence-electron chi connectivity index (χ1n) is 8.53. The topological polar surface area (TPSA) is 101 Å². The summed E-state index contributed by atoms with van der Waals surface area (Å²) in [5.74, 6) is 0.327. The van der Waals surface area contributed by atoms with Crippen LogP contribution >= 0.6 is 0 Å². The zero-order valence-corrected chi connectivity index (χ0v) is 14.7. The van der Waals surface area contributed by atoms with Gasteiger partial charge in [0.15, 0.2) is 5.69 Å². The summed E-state index contributed by atoms with van der Waals surface area (Å²) in [6.45, 7) is 9.83. The molecule has 3 rings (SSSR count). The van der Waals surface area contributed by atoms with E-state index in [4.69, 9.17) is 0 Å². The molecule has 0 atom stereocenters. The Labute approximate surface area is 146 Å². The van der Waals surface area contributed by atoms with E-state index in [1.165, 1.54) is 0 Å². The summed E-state index contributed by atoms with van der Waals surface area (Å²) in [7, 11) is 0. The number of nitrogens with zero attached hydrogens (tertiary/aromatic N) is 6. The largest absolute Gasteiger partial charge is 0.343 e. The molecule has 1 aliphatic heterocycles. The summed E-state index contributed by atoms with van der Waals surface area (Å²) in [4.78, 5) is 23.2. The van der Waals surface area contributed by atoms with Gasteiger partial charge in [-0.05, 0) is 19.9 Å². The zero-order valence-electron chi connectivity index (χ0n) is 14.7. The Hall–Kier alpha value is -2.39. The van der Waals surface area contributed by atoms with Gasteiger partial charge in [0.25, 0.3) is 5.91 Å². The molecule has 1 saturated heterocycles. The fraction of sp³-hybridized carbons (Fsp3) is 0.562. The van der Waals surface area contributed by atoms with Crippen molar-refractivity contribution in [1.82, 2.24) is 40.5 Å². The number of carbonyl (C=O) groups is 1. The lowest BCUT2D eigenvalue weighted by molar-refractivity contribution is 0.0944. The molecule has 0 bridgehead atoms. The molecule has 3 heterocycles. The van der Waals surface area contributed by atoms with Crippen molar-refractivity contribution in [2.24, 2.45) is 0 Å². The molecule has 0 saturated carbocycles. The summed E-state index contributed by atoms with van der Waals surface area (Å²) in [5, 5.41) is 14.1. The summed E-state index contributed by atoms with van der Waals surface area (Å²) in [6.07, 6.45) is 1.68. The van der Waals surface area contributed by atoms with Gasteiger partial charge in [-0.15, -0.1) is 5.10 Å². The lowest BCUT2D eigenvalue weighted by Crippen LogP contribution is -2.44. The van der Waals surface area contributed by atoms with E-state index in [1.54, 1.807) is 10.9 Å². The number of hydrogen-bond acceptors (Lipinski definition) is 7. The van der Waals surface area contributed by atoms with E-state index in [-0.39, 0.29) is 12.5 Å². The number of aromatic nitrogens is 5. The predicted octanol–water partition coefficient (Wildman–Crippen LogP) is -0.480. The Morgan fingerprint density at radius 2 is 1.92 bits per heavy atom. The number of aryl methyl sites for hydroxylation is 2. The number of nitrogens with one attached hydrogen (secondary N) is 2. The maximum Gasteiger partial charge on any atom is 0.273 e. The maximum atomic E-state index is 12.2. The smallest absolute Gasteiger partial charge is 0.273 e. The van der Waals surface area contributed by atoms with Gasteiger partial charge in [0.1, 0.15) is 5.82 Å². The van der Waals surface area contributed by atoms with Gasteiger partial charge < -0.3 is 10.6 Å². The lowest BCUT2D eigenvalue weighted by atomic mass is 10.3. The van der Waals surface area contributed by atoms with Crippen LogP contribution in [-0.4, -0.2) is 68.5 Å². The molecule has 2 aromatic rings. The van der Waals surface area contributed by atoms with Gasteiger partial charge in [0, 0.05) is 44.1 Å². The summed E-state index contributed by atoms with van der Waals surface area (Å²) >= 11 is 0. The number of carbonyl (C=O) groups excluding carboxylic acids is 1. The van der Waals surface area contributed by atoms with Gasteiger partial charge in [0.2, 0.25) is 0 Å². The maximum absolute atomic E-state index is 12.2. The molecule has 9 heteroatoms. The van der Waals surface area contributed by atoms with Crippen LogP contribution in [0.25, 0.3) is 0 Å². The second-order valence-corrected chi connectivity index (χ2v) is 6.21. The molecule has 2 aromatic heterocycles. The van der Waals surface area contributed by atoms with Gasteiger partial charge >= 0.3 is 0 Å². The van der Waals surface area contributed by atoms with Crippen LogP contribution in [0, 0.1) is 13.8 Å². The number of amides is 1. The predicted molar refractivity (Wildman–Crippen MR) is 92.0 cm³/mol. The first-order chi connectivity index (χ1) is 12.1. The van der Waals surface area contributed by atoms with Crippen LogP contribution in [0.4, 0.5) is 0 Å². The summed E-state index contributed by atoms with van der Waals surface area (Å²) < 4.78 is 1.71. The molecule has 0 aliphatic carbocycles. The van der Waals surface area contributed by atoms with E-state index in [2.05, 4.69) is 35.8 Å². The minimum absolute atomic E-state index is 0.267. The molecular formula is C16H24N8O. The van der Waals surface area contributed by atoms with E-state index < -0.39 is 0 Å². The molecule has 2 N–H and O–H groups in total. The zero-order chi connectivity index (χ0) is 17.6. The molecule has 1 amide bonds. The van der Waals surface area contributed by atoms with Crippen molar-refractivity contribution >= 4 is 5.91 Å². The molecular weight excluding hydrogens is 320 g/mol. The highest BCUT2D eigenvalue weighted by molar-refractivity contribution is 5.91. The molecule has 0 aromatic carbocycles. The van der Waals surface area contributed by atoms with Crippen molar-refractivity contribution in [3.05, 3.63) is 35.2 Å². The van der Waals surface area contributed by atoms with Crippen LogP contribution in [0.5, 0.6) is 0 Å². The molecule has 25 heavy (non-hydrogen) atoms. The van der Waals surface area contributed by atoms with Crippen molar-refractivity contribution in [3.8, 4) is 0 Å². The van der Waals surface area contributed by atoms with E-state index in [1.807, 2.05) is 19.9 Å². The quantitative estimate of drug-likeness (QED) is 0.730. The van der Waals surface area contributed by atoms with Crippen molar-refractivity contribution in [3.63, 3.8) is 0 Å². The summed E-state index contributed by atoms with van der Waals surface area (Å²) in [6, 6.07) is 1.90. The van der Waals surface area contributed by atoms with Gasteiger partial charge in [-0.1, -0.05) is 5.21 Å².